The average molecular weight is 353 g/mol. The lowest BCUT2D eigenvalue weighted by atomic mass is 10.0. The fraction of sp³-hybridized carbons (Fsp3) is 0.545. The van der Waals surface area contributed by atoms with Crippen LogP contribution in [0.1, 0.15) is 15.2 Å². The van der Waals surface area contributed by atoms with Crippen LogP contribution in [-0.2, 0) is 6.42 Å². The normalized spacial score (nSPS) is 20.2. The van der Waals surface area contributed by atoms with Crippen LogP contribution in [0.5, 0.6) is 0 Å². The van der Waals surface area contributed by atoms with E-state index in [2.05, 4.69) is 15.9 Å². The van der Waals surface area contributed by atoms with Gasteiger partial charge in [0.2, 0.25) is 0 Å². The Balaban J connectivity index is 2.42. The van der Waals surface area contributed by atoms with Crippen LogP contribution in [0.25, 0.3) is 0 Å². The van der Waals surface area contributed by atoms with Gasteiger partial charge in [-0.3, -0.25) is 0 Å². The van der Waals surface area contributed by atoms with Gasteiger partial charge in [0.15, 0.2) is 0 Å². The van der Waals surface area contributed by atoms with Crippen LogP contribution in [-0.4, -0.2) is 48.1 Å². The van der Waals surface area contributed by atoms with Gasteiger partial charge in [-0.1, -0.05) is 0 Å². The van der Waals surface area contributed by atoms with Gasteiger partial charge in [-0.15, -0.1) is 11.3 Å². The maximum absolute atomic E-state index is 13.7. The number of fused-ring (bicyclic) bond motifs is 1. The third-order valence-corrected chi connectivity index (χ3v) is 4.94. The molecule has 0 aromatic carbocycles. The Bertz CT molecular complexity index is 497. The number of nitrogens with two attached hydrogens (primary N) is 1. The molecular formula is C11H14BrFN2O3S. The van der Waals surface area contributed by atoms with E-state index in [-0.39, 0.29) is 31.0 Å². The highest BCUT2D eigenvalue weighted by Gasteiger charge is 2.33. The molecule has 2 heterocycles. The average Bonchev–Trinajstić information content (AvgIpc) is 2.67. The van der Waals surface area contributed by atoms with Crippen molar-refractivity contribution in [3.8, 4) is 0 Å². The minimum absolute atomic E-state index is 0.101. The summed E-state index contributed by atoms with van der Waals surface area (Å²) in [6, 6.07) is -0.529. The number of aliphatic hydroxyl groups excluding tert-OH is 1. The number of nitrogens with zero attached hydrogens (tertiary/aromatic N) is 1. The minimum Gasteiger partial charge on any atom is -0.477 e. The Morgan fingerprint density at radius 3 is 2.95 bits per heavy atom. The molecule has 2 rings (SSSR count). The number of rotatable bonds is 4. The number of aliphatic hydroxyl groups is 1. The summed E-state index contributed by atoms with van der Waals surface area (Å²) in [5.74, 6) is -1.04. The number of anilines is 1. The number of carbonyl (C=O) groups is 1. The summed E-state index contributed by atoms with van der Waals surface area (Å²) < 4.78 is 14.4. The molecule has 0 radical (unpaired) electrons. The first kappa shape index (κ1) is 14.7. The molecule has 0 amide bonds. The lowest BCUT2D eigenvalue weighted by Crippen LogP contribution is -2.45. The molecule has 8 heteroatoms. The molecule has 0 saturated heterocycles. The van der Waals surface area contributed by atoms with Gasteiger partial charge in [0.05, 0.1) is 16.1 Å². The fourth-order valence-corrected chi connectivity index (χ4v) is 3.96. The zero-order valence-electron chi connectivity index (χ0n) is 9.97. The third kappa shape index (κ3) is 2.91. The van der Waals surface area contributed by atoms with Crippen molar-refractivity contribution in [1.82, 2.24) is 0 Å². The van der Waals surface area contributed by atoms with Crippen molar-refractivity contribution in [2.24, 2.45) is 5.73 Å². The highest BCUT2D eigenvalue weighted by Crippen LogP contribution is 2.43. The van der Waals surface area contributed by atoms with E-state index in [9.17, 15) is 14.3 Å². The largest absolute Gasteiger partial charge is 0.477 e. The van der Waals surface area contributed by atoms with Gasteiger partial charge in [0.25, 0.3) is 0 Å². The van der Waals surface area contributed by atoms with Crippen molar-refractivity contribution >= 4 is 38.9 Å². The van der Waals surface area contributed by atoms with Crippen LogP contribution < -0.4 is 10.6 Å². The molecule has 19 heavy (non-hydrogen) atoms. The van der Waals surface area contributed by atoms with E-state index in [1.54, 1.807) is 4.90 Å². The van der Waals surface area contributed by atoms with Crippen LogP contribution in [0.3, 0.4) is 0 Å². The van der Waals surface area contributed by atoms with E-state index in [0.29, 0.717) is 15.0 Å². The van der Waals surface area contributed by atoms with Crippen molar-refractivity contribution in [3.63, 3.8) is 0 Å². The number of thiophene rings is 1. The van der Waals surface area contributed by atoms with Crippen LogP contribution in [0.4, 0.5) is 10.1 Å². The zero-order chi connectivity index (χ0) is 14.2. The minimum atomic E-state index is -1.06. The zero-order valence-corrected chi connectivity index (χ0v) is 12.4. The second kappa shape index (κ2) is 5.74. The van der Waals surface area contributed by atoms with Gasteiger partial charge in [0, 0.05) is 31.1 Å². The molecule has 1 aliphatic heterocycles. The molecule has 0 aliphatic carbocycles. The maximum Gasteiger partial charge on any atom is 0.348 e. The molecule has 1 aliphatic rings. The Morgan fingerprint density at radius 1 is 1.68 bits per heavy atom. The van der Waals surface area contributed by atoms with Gasteiger partial charge < -0.3 is 20.8 Å². The number of hydrogen-bond acceptors (Lipinski definition) is 5. The molecule has 0 spiro atoms. The summed E-state index contributed by atoms with van der Waals surface area (Å²) in [4.78, 5) is 13.1. The van der Waals surface area contributed by atoms with Crippen LogP contribution in [0.2, 0.25) is 0 Å². The maximum atomic E-state index is 13.7. The summed E-state index contributed by atoms with van der Waals surface area (Å²) in [5, 5.41) is 18.2. The molecule has 0 saturated carbocycles. The predicted octanol–water partition coefficient (Wildman–Crippen LogP) is 1.23. The van der Waals surface area contributed by atoms with Gasteiger partial charge in [0.1, 0.15) is 11.0 Å². The first-order valence-corrected chi connectivity index (χ1v) is 7.34. The van der Waals surface area contributed by atoms with Crippen LogP contribution >= 0.6 is 27.3 Å². The van der Waals surface area contributed by atoms with Crippen LogP contribution in [0, 0.1) is 0 Å². The Labute approximate surface area is 122 Å². The highest BCUT2D eigenvalue weighted by atomic mass is 79.9. The molecule has 0 unspecified atom stereocenters. The van der Waals surface area contributed by atoms with E-state index < -0.39 is 18.2 Å². The van der Waals surface area contributed by atoms with E-state index in [0.717, 1.165) is 11.3 Å². The van der Waals surface area contributed by atoms with Gasteiger partial charge >= 0.3 is 5.97 Å². The van der Waals surface area contributed by atoms with E-state index in [1.165, 1.54) is 0 Å². The Morgan fingerprint density at radius 2 is 2.37 bits per heavy atom. The first-order chi connectivity index (χ1) is 8.93. The molecule has 4 N–H and O–H groups in total. The second-order valence-corrected chi connectivity index (χ2v) is 6.82. The van der Waals surface area contributed by atoms with Crippen molar-refractivity contribution in [3.05, 3.63) is 14.2 Å². The third-order valence-electron chi connectivity index (χ3n) is 2.97. The Kier molecular flexibility index (Phi) is 4.44. The van der Waals surface area contributed by atoms with Crippen LogP contribution in [0.15, 0.2) is 3.79 Å². The quantitative estimate of drug-likeness (QED) is 0.758. The monoisotopic (exact) mass is 352 g/mol. The topological polar surface area (TPSA) is 86.8 Å². The summed E-state index contributed by atoms with van der Waals surface area (Å²) in [6.07, 6.45) is -0.865. The van der Waals surface area contributed by atoms with E-state index in [4.69, 9.17) is 10.8 Å². The van der Waals surface area contributed by atoms with Gasteiger partial charge in [-0.25, -0.2) is 9.18 Å². The molecule has 0 fully saturated rings. The SMILES string of the molecule is N[C@@H](CO)CN1C[C@@H](F)Cc2c(Br)sc(C(=O)O)c21. The molecule has 1 aromatic rings. The van der Waals surface area contributed by atoms with Crippen molar-refractivity contribution in [2.75, 3.05) is 24.6 Å². The van der Waals surface area contributed by atoms with E-state index in [1.807, 2.05) is 0 Å². The molecule has 5 nitrogen and oxygen atoms in total. The second-order valence-electron chi connectivity index (χ2n) is 4.49. The lowest BCUT2D eigenvalue weighted by molar-refractivity contribution is 0.0702. The molecule has 2 atom stereocenters. The summed E-state index contributed by atoms with van der Waals surface area (Å²) in [7, 11) is 0. The number of carboxylic acids is 1. The predicted molar refractivity (Wildman–Crippen MR) is 74.9 cm³/mol. The van der Waals surface area contributed by atoms with E-state index >= 15 is 0 Å². The summed E-state index contributed by atoms with van der Waals surface area (Å²) in [5.41, 5.74) is 6.87. The number of hydrogen-bond donors (Lipinski definition) is 3. The van der Waals surface area contributed by atoms with Crippen molar-refractivity contribution in [2.45, 2.75) is 18.6 Å². The first-order valence-electron chi connectivity index (χ1n) is 5.74. The highest BCUT2D eigenvalue weighted by molar-refractivity contribution is 9.11. The lowest BCUT2D eigenvalue weighted by Gasteiger charge is -2.33. The smallest absolute Gasteiger partial charge is 0.348 e. The van der Waals surface area contributed by atoms with Gasteiger partial charge in [-0.2, -0.15) is 0 Å². The molecular weight excluding hydrogens is 339 g/mol. The molecule has 1 aromatic heterocycles. The fourth-order valence-electron chi connectivity index (χ4n) is 2.21. The standard InChI is InChI=1S/C11H14BrFN2O3S/c12-10-7-1-5(13)2-15(3-6(14)4-16)8(7)9(19-10)11(17)18/h5-6,16H,1-4,14H2,(H,17,18)/t5-,6+/m0/s1. The number of alkyl halides is 1. The van der Waals surface area contributed by atoms with Gasteiger partial charge in [-0.05, 0) is 15.9 Å². The number of carboxylic acid groups (broad SMARTS) is 1. The summed E-state index contributed by atoms with van der Waals surface area (Å²) in [6.45, 7) is 0.105. The van der Waals surface area contributed by atoms with Crippen molar-refractivity contribution < 1.29 is 19.4 Å². The molecule has 106 valence electrons. The number of halogens is 2. The Hall–Kier alpha value is -0.700. The summed E-state index contributed by atoms with van der Waals surface area (Å²) >= 11 is 4.37. The molecule has 0 bridgehead atoms. The number of aromatic carboxylic acids is 1. The van der Waals surface area contributed by atoms with Crippen molar-refractivity contribution in [1.29, 1.82) is 0 Å².